The molecule has 0 radical (unpaired) electrons. The van der Waals surface area contributed by atoms with Crippen LogP contribution in [0.15, 0.2) is 59.6 Å². The van der Waals surface area contributed by atoms with Crippen molar-refractivity contribution in [3.05, 3.63) is 71.3 Å². The molecule has 2 aliphatic heterocycles. The molecule has 2 aliphatic rings. The van der Waals surface area contributed by atoms with Crippen LogP contribution in [0.2, 0.25) is 0 Å². The number of nitrogens with zero attached hydrogens (tertiary/aromatic N) is 2. The molecule has 1 spiro atoms. The van der Waals surface area contributed by atoms with Gasteiger partial charge in [0, 0.05) is 38.0 Å². The number of piperidine rings is 1. The molecule has 128 valence electrons. The number of hydrogen-bond acceptors (Lipinski definition) is 3. The number of hydrogen-bond donors (Lipinski definition) is 1. The first kappa shape index (κ1) is 16.0. The summed E-state index contributed by atoms with van der Waals surface area (Å²) in [5.41, 5.74) is 3.56. The van der Waals surface area contributed by atoms with Crippen LogP contribution in [0.4, 0.5) is 0 Å². The minimum Gasteiger partial charge on any atom is -0.326 e. The summed E-state index contributed by atoms with van der Waals surface area (Å²) in [4.78, 5) is 19.8. The fourth-order valence-corrected chi connectivity index (χ4v) is 3.71. The maximum atomic E-state index is 12.5. The zero-order valence-corrected chi connectivity index (χ0v) is 14.5. The van der Waals surface area contributed by atoms with Crippen molar-refractivity contribution in [2.24, 2.45) is 4.99 Å². The van der Waals surface area contributed by atoms with E-state index in [1.807, 2.05) is 37.3 Å². The van der Waals surface area contributed by atoms with Gasteiger partial charge in [0.1, 0.15) is 11.4 Å². The Hall–Kier alpha value is -2.46. The van der Waals surface area contributed by atoms with E-state index in [-0.39, 0.29) is 5.91 Å². The molecule has 0 unspecified atom stereocenters. The highest BCUT2D eigenvalue weighted by Gasteiger charge is 2.41. The van der Waals surface area contributed by atoms with Gasteiger partial charge >= 0.3 is 0 Å². The zero-order valence-electron chi connectivity index (χ0n) is 14.5. The molecule has 4 heteroatoms. The Kier molecular flexibility index (Phi) is 4.14. The number of carbonyl (C=O) groups excluding carboxylic acids is 1. The van der Waals surface area contributed by atoms with Crippen molar-refractivity contribution < 1.29 is 4.79 Å². The predicted octanol–water partition coefficient (Wildman–Crippen LogP) is 2.91. The van der Waals surface area contributed by atoms with Gasteiger partial charge in [-0.15, -0.1) is 0 Å². The van der Waals surface area contributed by atoms with Gasteiger partial charge in [-0.25, -0.2) is 0 Å². The maximum Gasteiger partial charge on any atom is 0.272 e. The molecule has 1 N–H and O–H groups in total. The van der Waals surface area contributed by atoms with Gasteiger partial charge < -0.3 is 5.32 Å². The van der Waals surface area contributed by atoms with E-state index in [1.165, 1.54) is 5.56 Å². The third kappa shape index (κ3) is 3.35. The maximum absolute atomic E-state index is 12.5. The molecule has 2 aromatic rings. The van der Waals surface area contributed by atoms with Crippen LogP contribution in [0.5, 0.6) is 0 Å². The lowest BCUT2D eigenvalue weighted by Crippen LogP contribution is -2.50. The van der Waals surface area contributed by atoms with Gasteiger partial charge in [0.2, 0.25) is 0 Å². The van der Waals surface area contributed by atoms with E-state index in [0.717, 1.165) is 43.6 Å². The summed E-state index contributed by atoms with van der Waals surface area (Å²) in [6.45, 7) is 4.88. The second-order valence-corrected chi connectivity index (χ2v) is 7.08. The van der Waals surface area contributed by atoms with Crippen LogP contribution < -0.4 is 5.32 Å². The van der Waals surface area contributed by atoms with Gasteiger partial charge in [-0.1, -0.05) is 54.1 Å². The fourth-order valence-electron chi connectivity index (χ4n) is 3.71. The summed E-state index contributed by atoms with van der Waals surface area (Å²) in [5, 5.41) is 3.15. The smallest absolute Gasteiger partial charge is 0.272 e. The van der Waals surface area contributed by atoms with E-state index in [0.29, 0.717) is 5.71 Å². The highest BCUT2D eigenvalue weighted by molar-refractivity contribution is 6.46. The zero-order chi connectivity index (χ0) is 17.3. The molecule has 1 fully saturated rings. The molecule has 0 aromatic heterocycles. The number of rotatable bonds is 3. The van der Waals surface area contributed by atoms with Crippen LogP contribution in [-0.4, -0.2) is 35.3 Å². The fraction of sp³-hybridized carbons (Fsp3) is 0.333. The summed E-state index contributed by atoms with van der Waals surface area (Å²) in [6.07, 6.45) is 1.72. The Labute approximate surface area is 148 Å². The monoisotopic (exact) mass is 333 g/mol. The van der Waals surface area contributed by atoms with Crippen molar-refractivity contribution in [1.82, 2.24) is 10.2 Å². The molecule has 2 aromatic carbocycles. The summed E-state index contributed by atoms with van der Waals surface area (Å²) in [6, 6.07) is 18.5. The highest BCUT2D eigenvalue weighted by Crippen LogP contribution is 2.29. The summed E-state index contributed by atoms with van der Waals surface area (Å²) >= 11 is 0. The van der Waals surface area contributed by atoms with Crippen molar-refractivity contribution in [2.75, 3.05) is 13.1 Å². The second kappa shape index (κ2) is 6.45. The van der Waals surface area contributed by atoms with Crippen LogP contribution in [0.25, 0.3) is 0 Å². The van der Waals surface area contributed by atoms with E-state index in [2.05, 4.69) is 34.5 Å². The predicted molar refractivity (Wildman–Crippen MR) is 99.5 cm³/mol. The topological polar surface area (TPSA) is 44.7 Å². The third-order valence-corrected chi connectivity index (χ3v) is 5.11. The SMILES string of the molecule is Cc1cccc(C2=NC3(CCN(Cc4ccccc4)CC3)NC2=O)c1. The Balaban J connectivity index is 1.47. The largest absolute Gasteiger partial charge is 0.326 e. The summed E-state index contributed by atoms with van der Waals surface area (Å²) < 4.78 is 0. The van der Waals surface area contributed by atoms with E-state index < -0.39 is 5.66 Å². The number of amides is 1. The molecular weight excluding hydrogens is 310 g/mol. The first-order valence-electron chi connectivity index (χ1n) is 8.89. The number of aryl methyl sites for hydroxylation is 1. The van der Waals surface area contributed by atoms with E-state index in [9.17, 15) is 4.79 Å². The molecule has 1 saturated heterocycles. The Morgan fingerprint density at radius 3 is 2.56 bits per heavy atom. The minimum absolute atomic E-state index is 0.0397. The minimum atomic E-state index is -0.413. The quantitative estimate of drug-likeness (QED) is 0.939. The Bertz CT molecular complexity index is 805. The average molecular weight is 333 g/mol. The number of benzene rings is 2. The molecule has 4 nitrogen and oxygen atoms in total. The average Bonchev–Trinajstić information content (AvgIpc) is 2.94. The molecule has 0 bridgehead atoms. The van der Waals surface area contributed by atoms with Crippen LogP contribution in [0, 0.1) is 6.92 Å². The van der Waals surface area contributed by atoms with E-state index in [4.69, 9.17) is 4.99 Å². The van der Waals surface area contributed by atoms with Gasteiger partial charge in [0.25, 0.3) is 5.91 Å². The molecule has 0 atom stereocenters. The molecule has 0 saturated carbocycles. The van der Waals surface area contributed by atoms with Crippen LogP contribution in [-0.2, 0) is 11.3 Å². The highest BCUT2D eigenvalue weighted by atomic mass is 16.2. The number of likely N-dealkylation sites (tertiary alicyclic amines) is 1. The van der Waals surface area contributed by atoms with Crippen molar-refractivity contribution in [3.63, 3.8) is 0 Å². The van der Waals surface area contributed by atoms with Gasteiger partial charge in [0.15, 0.2) is 0 Å². The lowest BCUT2D eigenvalue weighted by molar-refractivity contribution is -0.115. The van der Waals surface area contributed by atoms with Crippen LogP contribution in [0.3, 0.4) is 0 Å². The third-order valence-electron chi connectivity index (χ3n) is 5.11. The van der Waals surface area contributed by atoms with Gasteiger partial charge in [-0.2, -0.15) is 0 Å². The number of aliphatic imine (C=N–C) groups is 1. The van der Waals surface area contributed by atoms with Crippen molar-refractivity contribution >= 4 is 11.6 Å². The Morgan fingerprint density at radius 1 is 1.08 bits per heavy atom. The Morgan fingerprint density at radius 2 is 1.84 bits per heavy atom. The normalized spacial score (nSPS) is 19.7. The molecule has 4 rings (SSSR count). The summed E-state index contributed by atoms with van der Waals surface area (Å²) in [7, 11) is 0. The van der Waals surface area contributed by atoms with Crippen LogP contribution in [0.1, 0.15) is 29.5 Å². The second-order valence-electron chi connectivity index (χ2n) is 7.08. The molecule has 25 heavy (non-hydrogen) atoms. The molecular formula is C21H23N3O. The van der Waals surface area contributed by atoms with Gasteiger partial charge in [-0.05, 0) is 18.6 Å². The first-order chi connectivity index (χ1) is 12.1. The van der Waals surface area contributed by atoms with Crippen molar-refractivity contribution in [1.29, 1.82) is 0 Å². The van der Waals surface area contributed by atoms with Crippen LogP contribution >= 0.6 is 0 Å². The van der Waals surface area contributed by atoms with Crippen molar-refractivity contribution in [3.8, 4) is 0 Å². The summed E-state index contributed by atoms with van der Waals surface area (Å²) in [5.74, 6) is -0.0397. The van der Waals surface area contributed by atoms with Gasteiger partial charge in [0.05, 0.1) is 0 Å². The van der Waals surface area contributed by atoms with E-state index >= 15 is 0 Å². The lowest BCUT2D eigenvalue weighted by Gasteiger charge is -2.37. The van der Waals surface area contributed by atoms with Gasteiger partial charge in [-0.3, -0.25) is 14.7 Å². The van der Waals surface area contributed by atoms with E-state index in [1.54, 1.807) is 0 Å². The molecule has 1 amide bonds. The lowest BCUT2D eigenvalue weighted by atomic mass is 9.97. The molecule has 0 aliphatic carbocycles. The standard InChI is InChI=1S/C21H23N3O/c1-16-6-5-9-18(14-16)19-20(25)23-21(22-19)10-12-24(13-11-21)15-17-7-3-2-4-8-17/h2-9,14H,10-13,15H2,1H3,(H,23,25). The molecule has 2 heterocycles. The van der Waals surface area contributed by atoms with Crippen molar-refractivity contribution in [2.45, 2.75) is 32.0 Å². The number of carbonyl (C=O) groups is 1. The number of nitrogens with one attached hydrogen (secondary N) is 1. The first-order valence-corrected chi connectivity index (χ1v) is 8.89.